The fraction of sp³-hybridized carbons (Fsp3) is 0.316. The highest BCUT2D eigenvalue weighted by Crippen LogP contribution is 2.18. The van der Waals surface area contributed by atoms with Gasteiger partial charge in [-0.2, -0.15) is 4.68 Å². The van der Waals surface area contributed by atoms with Gasteiger partial charge in [-0.25, -0.2) is 8.42 Å². The van der Waals surface area contributed by atoms with Crippen molar-refractivity contribution in [2.45, 2.75) is 25.7 Å². The summed E-state index contributed by atoms with van der Waals surface area (Å²) in [6, 6.07) is 11.9. The van der Waals surface area contributed by atoms with Crippen molar-refractivity contribution in [2.75, 3.05) is 19.6 Å². The van der Waals surface area contributed by atoms with Gasteiger partial charge in [-0.1, -0.05) is 50.3 Å². The Morgan fingerprint density at radius 3 is 2.14 bits per heavy atom. The highest BCUT2D eigenvalue weighted by atomic mass is 32.2. The molecule has 8 nitrogen and oxygen atoms in total. The van der Waals surface area contributed by atoms with Crippen LogP contribution in [0, 0.1) is 0 Å². The third-order valence-corrected chi connectivity index (χ3v) is 5.17. The molecule has 0 N–H and O–H groups in total. The summed E-state index contributed by atoms with van der Waals surface area (Å²) >= 11 is 0. The first-order valence-corrected chi connectivity index (χ1v) is 10.4. The zero-order valence-corrected chi connectivity index (χ0v) is 16.9. The van der Waals surface area contributed by atoms with Crippen molar-refractivity contribution in [2.24, 2.45) is 0 Å². The minimum Gasteiger partial charge on any atom is -0.744 e. The van der Waals surface area contributed by atoms with E-state index in [-0.39, 0.29) is 5.56 Å². The van der Waals surface area contributed by atoms with E-state index < -0.39 is 20.9 Å². The Kier molecular flexibility index (Phi) is 7.38. The fourth-order valence-electron chi connectivity index (χ4n) is 2.67. The van der Waals surface area contributed by atoms with Crippen molar-refractivity contribution in [3.63, 3.8) is 0 Å². The molecular weight excluding hydrogens is 380 g/mol. The summed E-state index contributed by atoms with van der Waals surface area (Å²) < 4.78 is 34.7. The smallest absolute Gasteiger partial charge is 0.281 e. The van der Waals surface area contributed by atoms with Gasteiger partial charge in [-0.3, -0.25) is 4.79 Å². The van der Waals surface area contributed by atoms with Crippen molar-refractivity contribution >= 4 is 27.1 Å². The van der Waals surface area contributed by atoms with Crippen molar-refractivity contribution < 1.29 is 17.8 Å². The highest BCUT2D eigenvalue weighted by Gasteiger charge is 2.19. The SMILES string of the molecule is CCN(CC)CC.O=C(c1ccccc1S(=O)(=O)[O-])n1nnc2ccccc21. The number of benzene rings is 2. The van der Waals surface area contributed by atoms with Crippen molar-refractivity contribution in [1.29, 1.82) is 0 Å². The van der Waals surface area contributed by atoms with Crippen LogP contribution in [-0.2, 0) is 10.1 Å². The van der Waals surface area contributed by atoms with Crippen LogP contribution in [0.15, 0.2) is 53.4 Å². The van der Waals surface area contributed by atoms with E-state index in [1.165, 1.54) is 37.8 Å². The van der Waals surface area contributed by atoms with Crippen molar-refractivity contribution in [3.05, 3.63) is 54.1 Å². The topological polar surface area (TPSA) is 108 Å². The van der Waals surface area contributed by atoms with Crippen LogP contribution >= 0.6 is 0 Å². The van der Waals surface area contributed by atoms with Crippen LogP contribution in [0.1, 0.15) is 31.1 Å². The molecule has 0 bridgehead atoms. The van der Waals surface area contributed by atoms with Crippen LogP contribution < -0.4 is 0 Å². The molecule has 0 spiro atoms. The van der Waals surface area contributed by atoms with E-state index >= 15 is 0 Å². The standard InChI is InChI=1S/C13H9N3O4S.C6H15N/c17-13(9-5-1-4-8-12(9)21(18,19)20)16-11-7-3-2-6-10(11)14-15-16;1-4-7(5-2)6-3/h1-8H,(H,18,19,20);4-6H2,1-3H3/p-1. The summed E-state index contributed by atoms with van der Waals surface area (Å²) in [4.78, 5) is 14.2. The van der Waals surface area contributed by atoms with Gasteiger partial charge in [0.25, 0.3) is 5.91 Å². The number of para-hydroxylation sites is 1. The lowest BCUT2D eigenvalue weighted by molar-refractivity contribution is 0.0944. The maximum atomic E-state index is 12.4. The number of carbonyl (C=O) groups is 1. The summed E-state index contributed by atoms with van der Waals surface area (Å²) in [6.45, 7) is 10.1. The van der Waals surface area contributed by atoms with E-state index in [0.29, 0.717) is 11.0 Å². The van der Waals surface area contributed by atoms with Gasteiger partial charge in [0.15, 0.2) is 0 Å². The number of hydrogen-bond donors (Lipinski definition) is 0. The van der Waals surface area contributed by atoms with E-state index in [2.05, 4.69) is 36.0 Å². The fourth-order valence-corrected chi connectivity index (χ4v) is 3.34. The summed E-state index contributed by atoms with van der Waals surface area (Å²) in [5.41, 5.74) is 0.692. The molecule has 28 heavy (non-hydrogen) atoms. The number of carbonyl (C=O) groups excluding carboxylic acids is 1. The molecule has 0 aliphatic rings. The molecule has 0 saturated heterocycles. The van der Waals surface area contributed by atoms with Gasteiger partial charge < -0.3 is 9.45 Å². The maximum absolute atomic E-state index is 12.4. The molecule has 0 fully saturated rings. The molecular formula is C19H23N4O4S-. The minimum atomic E-state index is -4.76. The normalized spacial score (nSPS) is 11.3. The summed E-state index contributed by atoms with van der Waals surface area (Å²) in [5.74, 6) is -0.723. The van der Waals surface area contributed by atoms with Gasteiger partial charge in [0.2, 0.25) is 0 Å². The van der Waals surface area contributed by atoms with Crippen LogP contribution in [0.4, 0.5) is 0 Å². The molecule has 0 amide bonds. The second-order valence-corrected chi connectivity index (χ2v) is 7.21. The van der Waals surface area contributed by atoms with Crippen LogP contribution in [0.25, 0.3) is 11.0 Å². The van der Waals surface area contributed by atoms with E-state index in [1.54, 1.807) is 24.3 Å². The molecule has 0 aliphatic carbocycles. The van der Waals surface area contributed by atoms with Crippen molar-refractivity contribution in [1.82, 2.24) is 19.9 Å². The summed E-state index contributed by atoms with van der Waals surface area (Å²) in [5, 5.41) is 7.54. The van der Waals surface area contributed by atoms with Crippen LogP contribution in [0.2, 0.25) is 0 Å². The first kappa shape index (κ1) is 21.7. The van der Waals surface area contributed by atoms with Crippen LogP contribution in [0.5, 0.6) is 0 Å². The molecule has 150 valence electrons. The van der Waals surface area contributed by atoms with Gasteiger partial charge in [-0.05, 0) is 43.9 Å². The molecule has 9 heteroatoms. The first-order chi connectivity index (χ1) is 13.3. The monoisotopic (exact) mass is 403 g/mol. The molecule has 0 saturated carbocycles. The van der Waals surface area contributed by atoms with Crippen molar-refractivity contribution in [3.8, 4) is 0 Å². The Morgan fingerprint density at radius 2 is 1.57 bits per heavy atom. The Morgan fingerprint density at radius 1 is 1.00 bits per heavy atom. The van der Waals surface area contributed by atoms with E-state index in [4.69, 9.17) is 0 Å². The van der Waals surface area contributed by atoms with Gasteiger partial charge >= 0.3 is 0 Å². The lowest BCUT2D eigenvalue weighted by Gasteiger charge is -2.13. The second-order valence-electron chi connectivity index (χ2n) is 5.86. The Balaban J connectivity index is 0.000000345. The Hall–Kier alpha value is -2.62. The van der Waals surface area contributed by atoms with Gasteiger partial charge in [0.05, 0.1) is 16.0 Å². The maximum Gasteiger partial charge on any atom is 0.281 e. The predicted octanol–water partition coefficient (Wildman–Crippen LogP) is 2.37. The number of aromatic nitrogens is 3. The van der Waals surface area contributed by atoms with E-state index in [1.807, 2.05) is 0 Å². The molecule has 0 aliphatic heterocycles. The van der Waals surface area contributed by atoms with E-state index in [9.17, 15) is 17.8 Å². The number of nitrogens with zero attached hydrogens (tertiary/aromatic N) is 4. The lowest BCUT2D eigenvalue weighted by Crippen LogP contribution is -2.21. The predicted molar refractivity (Wildman–Crippen MR) is 105 cm³/mol. The summed E-state index contributed by atoms with van der Waals surface area (Å²) in [6.07, 6.45) is 0. The number of rotatable bonds is 5. The third-order valence-electron chi connectivity index (χ3n) is 4.27. The Labute approximate surface area is 164 Å². The lowest BCUT2D eigenvalue weighted by atomic mass is 10.2. The molecule has 0 atom stereocenters. The third kappa shape index (κ3) is 5.00. The van der Waals surface area contributed by atoms with Gasteiger partial charge in [0, 0.05) is 0 Å². The largest absolute Gasteiger partial charge is 0.744 e. The average molecular weight is 403 g/mol. The molecule has 0 radical (unpaired) electrons. The number of hydrogen-bond acceptors (Lipinski definition) is 7. The van der Waals surface area contributed by atoms with Crippen LogP contribution in [-0.4, -0.2) is 58.4 Å². The van der Waals surface area contributed by atoms with E-state index in [0.717, 1.165) is 10.7 Å². The number of fused-ring (bicyclic) bond motifs is 1. The highest BCUT2D eigenvalue weighted by molar-refractivity contribution is 7.85. The van der Waals surface area contributed by atoms with Gasteiger partial charge in [0.1, 0.15) is 15.6 Å². The molecule has 3 rings (SSSR count). The second kappa shape index (κ2) is 9.54. The zero-order valence-electron chi connectivity index (χ0n) is 16.1. The average Bonchev–Trinajstić information content (AvgIpc) is 3.13. The Bertz CT molecular complexity index is 1040. The zero-order chi connectivity index (χ0) is 20.7. The molecule has 1 aromatic heterocycles. The molecule has 1 heterocycles. The van der Waals surface area contributed by atoms with Gasteiger partial charge in [-0.15, -0.1) is 5.10 Å². The quantitative estimate of drug-likeness (QED) is 0.602. The minimum absolute atomic E-state index is 0.233. The molecule has 2 aromatic carbocycles. The summed E-state index contributed by atoms with van der Waals surface area (Å²) in [7, 11) is -4.76. The van der Waals surface area contributed by atoms with Crippen LogP contribution in [0.3, 0.4) is 0 Å². The molecule has 3 aromatic rings. The molecule has 0 unspecified atom stereocenters. The first-order valence-electron chi connectivity index (χ1n) is 8.95.